The fourth-order valence-electron chi connectivity index (χ4n) is 7.41. The number of carbonyl (C=O) groups is 4. The zero-order valence-electron chi connectivity index (χ0n) is 31.0. The summed E-state index contributed by atoms with van der Waals surface area (Å²) in [7, 11) is 0. The van der Waals surface area contributed by atoms with Crippen molar-refractivity contribution in [3.8, 4) is 23.0 Å². The highest BCUT2D eigenvalue weighted by molar-refractivity contribution is 6.10. The molecule has 24 heteroatoms. The molecule has 63 heavy (non-hydrogen) atoms. The molecule has 19 nitrogen and oxygen atoms in total. The number of fused-ring (bicyclic) bond motifs is 6. The normalized spacial score (nSPS) is 27.9. The third-order valence-electron chi connectivity index (χ3n) is 10.5. The van der Waals surface area contributed by atoms with Crippen molar-refractivity contribution in [1.29, 1.82) is 0 Å². The standard InChI is InChI=1S/C39H28F5NO18/c40-20-19(21(41)23(43)24(44)22(20)42)33(52)45-15-3-1-2-14-18(15)34(53)63-39(14)12-6-4-10(58-37(56)31-27(48)25(46)29(50)35(54)61-31)8-16(12)60-17-9-11(5-7-13(17)39)59-38(57)32-28(49)26(47)30(51)36(55)62-32/h1-9,25-32,35-36,46-51,54-55H,(H,45,52)/t25-,26-,27-,28-,29+,30+,31-,32-,35+,36+/m0/s1. The molecule has 4 aliphatic rings. The van der Waals surface area contributed by atoms with Gasteiger partial charge in [-0.05, 0) is 30.3 Å². The summed E-state index contributed by atoms with van der Waals surface area (Å²) in [6.07, 6.45) is -20.6. The number of anilines is 1. The van der Waals surface area contributed by atoms with E-state index in [1.165, 1.54) is 24.3 Å². The van der Waals surface area contributed by atoms with Gasteiger partial charge in [-0.15, -0.1) is 0 Å². The molecule has 10 atom stereocenters. The smallest absolute Gasteiger partial charge is 0.343 e. The number of aliphatic hydroxyl groups excluding tert-OH is 8. The largest absolute Gasteiger partial charge is 0.456 e. The highest BCUT2D eigenvalue weighted by Crippen LogP contribution is 2.58. The number of ether oxygens (including phenoxy) is 6. The van der Waals surface area contributed by atoms with Gasteiger partial charge in [0.2, 0.25) is 5.82 Å². The lowest BCUT2D eigenvalue weighted by molar-refractivity contribution is -0.279. The van der Waals surface area contributed by atoms with Gasteiger partial charge in [-0.3, -0.25) is 4.79 Å². The number of halogens is 5. The van der Waals surface area contributed by atoms with Crippen molar-refractivity contribution in [3.05, 3.63) is 112 Å². The number of esters is 3. The number of amides is 1. The van der Waals surface area contributed by atoms with Crippen LogP contribution < -0.4 is 19.5 Å². The van der Waals surface area contributed by atoms with E-state index in [4.69, 9.17) is 28.4 Å². The summed E-state index contributed by atoms with van der Waals surface area (Å²) in [5.74, 6) is -19.6. The summed E-state index contributed by atoms with van der Waals surface area (Å²) in [6, 6.07) is 10.3. The Morgan fingerprint density at radius 1 is 0.587 bits per heavy atom. The molecule has 4 aliphatic heterocycles. The van der Waals surface area contributed by atoms with E-state index < -0.39 is 137 Å². The Balaban J connectivity index is 1.20. The number of hydrogen-bond donors (Lipinski definition) is 9. The Bertz CT molecular complexity index is 2470. The molecule has 4 aromatic rings. The molecule has 2 saturated heterocycles. The Kier molecular flexibility index (Phi) is 10.9. The van der Waals surface area contributed by atoms with E-state index in [2.05, 4.69) is 0 Å². The summed E-state index contributed by atoms with van der Waals surface area (Å²) < 4.78 is 104. The van der Waals surface area contributed by atoms with Crippen molar-refractivity contribution in [2.45, 2.75) is 67.0 Å². The van der Waals surface area contributed by atoms with Gasteiger partial charge in [0.1, 0.15) is 65.2 Å². The molecule has 2 fully saturated rings. The minimum absolute atomic E-state index is 0.0712. The second kappa shape index (κ2) is 15.9. The van der Waals surface area contributed by atoms with Crippen LogP contribution in [0.2, 0.25) is 0 Å². The van der Waals surface area contributed by atoms with Gasteiger partial charge in [0.15, 0.2) is 53.7 Å². The maximum atomic E-state index is 14.6. The summed E-state index contributed by atoms with van der Waals surface area (Å²) in [4.78, 5) is 53.2. The molecule has 0 radical (unpaired) electrons. The molecule has 0 saturated carbocycles. The number of rotatable bonds is 6. The van der Waals surface area contributed by atoms with Crippen molar-refractivity contribution >= 4 is 29.5 Å². The van der Waals surface area contributed by atoms with E-state index in [0.29, 0.717) is 0 Å². The van der Waals surface area contributed by atoms with Crippen LogP contribution in [-0.4, -0.2) is 126 Å². The summed E-state index contributed by atoms with van der Waals surface area (Å²) in [5.41, 5.74) is -5.39. The highest BCUT2D eigenvalue weighted by atomic mass is 19.2. The summed E-state index contributed by atoms with van der Waals surface area (Å²) in [5, 5.41) is 82.2. The van der Waals surface area contributed by atoms with E-state index in [9.17, 15) is 82.0 Å². The molecule has 0 aromatic heterocycles. The first-order valence-electron chi connectivity index (χ1n) is 18.1. The van der Waals surface area contributed by atoms with Crippen molar-refractivity contribution < 1.29 is 110 Å². The van der Waals surface area contributed by atoms with E-state index in [1.807, 2.05) is 5.32 Å². The maximum absolute atomic E-state index is 14.6. The molecule has 0 aliphatic carbocycles. The van der Waals surface area contributed by atoms with Crippen LogP contribution in [0, 0.1) is 29.1 Å². The zero-order valence-corrected chi connectivity index (χ0v) is 31.0. The van der Waals surface area contributed by atoms with E-state index in [0.717, 1.165) is 30.3 Å². The number of aliphatic hydroxyl groups is 8. The lowest BCUT2D eigenvalue weighted by Gasteiger charge is -2.37. The Morgan fingerprint density at radius 3 is 1.52 bits per heavy atom. The van der Waals surface area contributed by atoms with Crippen LogP contribution in [-0.2, 0) is 29.4 Å². The van der Waals surface area contributed by atoms with Crippen molar-refractivity contribution in [3.63, 3.8) is 0 Å². The van der Waals surface area contributed by atoms with Crippen LogP contribution in [0.1, 0.15) is 37.4 Å². The fraction of sp³-hybridized carbons (Fsp3) is 0.282. The van der Waals surface area contributed by atoms with Gasteiger partial charge in [0, 0.05) is 28.8 Å². The Labute approximate surface area is 346 Å². The Hall–Kier alpha value is -6.19. The topological polar surface area (TPSA) is 298 Å². The van der Waals surface area contributed by atoms with Gasteiger partial charge in [-0.2, -0.15) is 0 Å². The second-order valence-corrected chi connectivity index (χ2v) is 14.3. The van der Waals surface area contributed by atoms with E-state index in [1.54, 1.807) is 0 Å². The van der Waals surface area contributed by atoms with Crippen LogP contribution in [0.5, 0.6) is 23.0 Å². The number of carbonyl (C=O) groups excluding carboxylic acids is 4. The number of hydrogen-bond acceptors (Lipinski definition) is 18. The lowest BCUT2D eigenvalue weighted by atomic mass is 9.77. The molecule has 332 valence electrons. The molecule has 4 heterocycles. The first-order valence-corrected chi connectivity index (χ1v) is 18.1. The first kappa shape index (κ1) is 43.5. The van der Waals surface area contributed by atoms with Crippen LogP contribution >= 0.6 is 0 Å². The molecule has 0 unspecified atom stereocenters. The minimum Gasteiger partial charge on any atom is -0.456 e. The van der Waals surface area contributed by atoms with Gasteiger partial charge >= 0.3 is 17.9 Å². The molecule has 9 N–H and O–H groups in total. The predicted molar refractivity (Wildman–Crippen MR) is 188 cm³/mol. The van der Waals surface area contributed by atoms with Crippen molar-refractivity contribution in [2.75, 3.05) is 5.32 Å². The van der Waals surface area contributed by atoms with Crippen LogP contribution in [0.25, 0.3) is 0 Å². The highest BCUT2D eigenvalue weighted by Gasteiger charge is 2.55. The number of nitrogens with one attached hydrogen (secondary N) is 1. The molecular formula is C39H28F5NO18. The maximum Gasteiger partial charge on any atom is 0.343 e. The zero-order chi connectivity index (χ0) is 45.6. The van der Waals surface area contributed by atoms with E-state index in [-0.39, 0.29) is 39.7 Å². The summed E-state index contributed by atoms with van der Waals surface area (Å²) in [6.45, 7) is 0. The minimum atomic E-state index is -2.53. The lowest BCUT2D eigenvalue weighted by Crippen LogP contribution is -2.60. The summed E-state index contributed by atoms with van der Waals surface area (Å²) >= 11 is 0. The third kappa shape index (κ3) is 6.92. The molecular weight excluding hydrogens is 865 g/mol. The molecule has 4 aromatic carbocycles. The second-order valence-electron chi connectivity index (χ2n) is 14.3. The average molecular weight is 894 g/mol. The molecule has 0 bridgehead atoms. The van der Waals surface area contributed by atoms with Crippen LogP contribution in [0.3, 0.4) is 0 Å². The monoisotopic (exact) mass is 893 g/mol. The van der Waals surface area contributed by atoms with Gasteiger partial charge < -0.3 is 74.6 Å². The van der Waals surface area contributed by atoms with Crippen LogP contribution in [0.4, 0.5) is 27.6 Å². The molecule has 1 spiro atoms. The molecule has 1 amide bonds. The average Bonchev–Trinajstić information content (AvgIpc) is 3.55. The SMILES string of the molecule is O=C1OC2(c3ccc(OC(=O)[C@H]4O[C@@H](O)[C@H](O)[C@@H](O)[C@@H]4O)cc3Oc3cc(OC(=O)[C@H]4O[C@@H](O)[C@H](O)[C@@H](O)[C@@H]4O)ccc32)c2cccc(NC(=O)c3c(F)c(F)c(F)c(F)c3F)c21. The fourth-order valence-corrected chi connectivity index (χ4v) is 7.41. The van der Waals surface area contributed by atoms with Crippen molar-refractivity contribution in [2.24, 2.45) is 0 Å². The predicted octanol–water partition coefficient (Wildman–Crippen LogP) is -0.387. The van der Waals surface area contributed by atoms with Gasteiger partial charge in [-0.25, -0.2) is 36.3 Å². The first-order chi connectivity index (χ1) is 29.8. The van der Waals surface area contributed by atoms with Crippen molar-refractivity contribution in [1.82, 2.24) is 0 Å². The molecule has 8 rings (SSSR count). The Morgan fingerprint density at radius 2 is 1.05 bits per heavy atom. The van der Waals surface area contributed by atoms with Gasteiger partial charge in [-0.1, -0.05) is 12.1 Å². The number of benzene rings is 4. The van der Waals surface area contributed by atoms with Gasteiger partial charge in [0.25, 0.3) is 5.91 Å². The van der Waals surface area contributed by atoms with Crippen LogP contribution in [0.15, 0.2) is 54.6 Å². The third-order valence-corrected chi connectivity index (χ3v) is 10.5. The van der Waals surface area contributed by atoms with E-state index >= 15 is 0 Å². The quantitative estimate of drug-likeness (QED) is 0.0392. The van der Waals surface area contributed by atoms with Gasteiger partial charge in [0.05, 0.1) is 11.3 Å².